The molecule has 0 rings (SSSR count). The van der Waals surface area contributed by atoms with E-state index in [1.165, 1.54) is 0 Å². The average molecular weight is 157 g/mol. The molecule has 0 spiro atoms. The van der Waals surface area contributed by atoms with Gasteiger partial charge in [0.05, 0.1) is 0 Å². The molecule has 0 aliphatic heterocycles. The molecule has 0 saturated heterocycles. The van der Waals surface area contributed by atoms with Gasteiger partial charge < -0.3 is 5.11 Å². The molecule has 0 amide bonds. The minimum absolute atomic E-state index is 0. The van der Waals surface area contributed by atoms with Crippen molar-refractivity contribution in [2.75, 3.05) is 0 Å². The van der Waals surface area contributed by atoms with Crippen molar-refractivity contribution in [2.45, 2.75) is 33.1 Å². The van der Waals surface area contributed by atoms with E-state index in [1.807, 2.05) is 0 Å². The third kappa shape index (κ3) is 11.1. The van der Waals surface area contributed by atoms with Gasteiger partial charge in [0.25, 0.3) is 0 Å². The standard InChI is InChI=1S/C7H14O2.Mg.2H/c1-6(2)4-3-5-7(8)9;;;/h6H,3-5H2,1-2H3,(H,8,9);;;. The summed E-state index contributed by atoms with van der Waals surface area (Å²) >= 11 is 0. The molecule has 0 aliphatic rings. The Bertz CT molecular complexity index is 91.6. The van der Waals surface area contributed by atoms with Crippen LogP contribution in [-0.2, 0) is 4.79 Å². The van der Waals surface area contributed by atoms with Crippen molar-refractivity contribution in [3.8, 4) is 0 Å². The lowest BCUT2D eigenvalue weighted by Crippen LogP contribution is -1.95. The molecule has 3 heteroatoms. The summed E-state index contributed by atoms with van der Waals surface area (Å²) in [6, 6.07) is 0. The largest absolute Gasteiger partial charge is 0.481 e. The van der Waals surface area contributed by atoms with E-state index in [2.05, 4.69) is 13.8 Å². The molecule has 2 nitrogen and oxygen atoms in total. The fourth-order valence-electron chi connectivity index (χ4n) is 0.662. The number of hydrogen-bond acceptors (Lipinski definition) is 1. The lowest BCUT2D eigenvalue weighted by molar-refractivity contribution is -0.137. The molecular formula is C7H16MgO2. The molecule has 10 heavy (non-hydrogen) atoms. The summed E-state index contributed by atoms with van der Waals surface area (Å²) in [6.45, 7) is 4.20. The van der Waals surface area contributed by atoms with Crippen molar-refractivity contribution in [1.82, 2.24) is 0 Å². The smallest absolute Gasteiger partial charge is 0.316 e. The predicted molar refractivity (Wildman–Crippen MR) is 44.9 cm³/mol. The first kappa shape index (κ1) is 12.9. The summed E-state index contributed by atoms with van der Waals surface area (Å²) in [5.74, 6) is -0.0556. The lowest BCUT2D eigenvalue weighted by Gasteiger charge is -1.99. The van der Waals surface area contributed by atoms with Crippen LogP contribution in [0.1, 0.15) is 33.1 Å². The number of hydrogen-bond donors (Lipinski definition) is 1. The van der Waals surface area contributed by atoms with Gasteiger partial charge >= 0.3 is 29.0 Å². The quantitative estimate of drug-likeness (QED) is 0.616. The number of carboxylic acids is 1. The van der Waals surface area contributed by atoms with Gasteiger partial charge in [-0.3, -0.25) is 4.79 Å². The summed E-state index contributed by atoms with van der Waals surface area (Å²) < 4.78 is 0. The maximum Gasteiger partial charge on any atom is 0.316 e. The third-order valence-corrected chi connectivity index (χ3v) is 1.17. The van der Waals surface area contributed by atoms with Gasteiger partial charge in [-0.2, -0.15) is 0 Å². The molecule has 0 unspecified atom stereocenters. The maximum atomic E-state index is 9.98. The number of rotatable bonds is 4. The molecule has 0 fully saturated rings. The molecule has 0 atom stereocenters. The third-order valence-electron chi connectivity index (χ3n) is 1.17. The Morgan fingerprint density at radius 3 is 2.30 bits per heavy atom. The molecule has 0 aliphatic carbocycles. The van der Waals surface area contributed by atoms with E-state index in [-0.39, 0.29) is 23.1 Å². The van der Waals surface area contributed by atoms with Crippen molar-refractivity contribution < 1.29 is 9.90 Å². The van der Waals surface area contributed by atoms with Gasteiger partial charge in [0, 0.05) is 6.42 Å². The Hall–Kier alpha value is 0.236. The van der Waals surface area contributed by atoms with Crippen LogP contribution < -0.4 is 0 Å². The van der Waals surface area contributed by atoms with E-state index >= 15 is 0 Å². The molecule has 0 bridgehead atoms. The van der Waals surface area contributed by atoms with Gasteiger partial charge in [-0.25, -0.2) is 0 Å². The van der Waals surface area contributed by atoms with Crippen LogP contribution in [0.2, 0.25) is 0 Å². The van der Waals surface area contributed by atoms with Gasteiger partial charge in [-0.15, -0.1) is 0 Å². The fraction of sp³-hybridized carbons (Fsp3) is 0.857. The van der Waals surface area contributed by atoms with E-state index < -0.39 is 5.97 Å². The first-order chi connectivity index (χ1) is 4.13. The molecule has 0 saturated carbocycles. The van der Waals surface area contributed by atoms with Crippen LogP contribution in [0, 0.1) is 5.92 Å². The Labute approximate surface area is 78.2 Å². The van der Waals surface area contributed by atoms with E-state index in [0.717, 1.165) is 12.8 Å². The van der Waals surface area contributed by atoms with Gasteiger partial charge in [0.15, 0.2) is 0 Å². The minimum atomic E-state index is -0.685. The van der Waals surface area contributed by atoms with Crippen LogP contribution in [0.4, 0.5) is 0 Å². The van der Waals surface area contributed by atoms with Crippen LogP contribution in [-0.4, -0.2) is 34.1 Å². The number of carbonyl (C=O) groups is 1. The molecule has 0 heterocycles. The Morgan fingerprint density at radius 2 is 2.00 bits per heavy atom. The molecule has 0 aromatic carbocycles. The highest BCUT2D eigenvalue weighted by Crippen LogP contribution is 2.05. The summed E-state index contributed by atoms with van der Waals surface area (Å²) in [4.78, 5) is 9.98. The second-order valence-electron chi connectivity index (χ2n) is 2.68. The molecule has 0 aromatic rings. The lowest BCUT2D eigenvalue weighted by atomic mass is 10.1. The summed E-state index contributed by atoms with van der Waals surface area (Å²) in [5.41, 5.74) is 0. The topological polar surface area (TPSA) is 37.3 Å². The van der Waals surface area contributed by atoms with Gasteiger partial charge in [-0.05, 0) is 12.3 Å². The SMILES string of the molecule is CC(C)CCCC(=O)O.[MgH2]. The normalized spacial score (nSPS) is 9.10. The summed E-state index contributed by atoms with van der Waals surface area (Å²) in [7, 11) is 0. The highest BCUT2D eigenvalue weighted by molar-refractivity contribution is 5.75. The number of carboxylic acid groups (broad SMARTS) is 1. The fourth-order valence-corrected chi connectivity index (χ4v) is 0.662. The van der Waals surface area contributed by atoms with Crippen LogP contribution in [0.5, 0.6) is 0 Å². The van der Waals surface area contributed by atoms with Gasteiger partial charge in [0.2, 0.25) is 0 Å². The van der Waals surface area contributed by atoms with E-state index in [1.54, 1.807) is 0 Å². The van der Waals surface area contributed by atoms with Gasteiger partial charge in [0.1, 0.15) is 0 Å². The molecule has 0 radical (unpaired) electrons. The Balaban J connectivity index is 0. The van der Waals surface area contributed by atoms with Crippen molar-refractivity contribution in [3.63, 3.8) is 0 Å². The average Bonchev–Trinajstić information content (AvgIpc) is 1.63. The highest BCUT2D eigenvalue weighted by Gasteiger charge is 1.97. The minimum Gasteiger partial charge on any atom is -0.481 e. The van der Waals surface area contributed by atoms with Crippen molar-refractivity contribution in [1.29, 1.82) is 0 Å². The van der Waals surface area contributed by atoms with E-state index in [9.17, 15) is 4.79 Å². The van der Waals surface area contributed by atoms with Crippen LogP contribution in [0.25, 0.3) is 0 Å². The second-order valence-corrected chi connectivity index (χ2v) is 2.68. The van der Waals surface area contributed by atoms with Crippen LogP contribution in [0.3, 0.4) is 0 Å². The Morgan fingerprint density at radius 1 is 1.50 bits per heavy atom. The zero-order valence-electron chi connectivity index (χ0n) is 6.05. The van der Waals surface area contributed by atoms with E-state index in [4.69, 9.17) is 5.11 Å². The van der Waals surface area contributed by atoms with Crippen molar-refractivity contribution in [2.24, 2.45) is 5.92 Å². The van der Waals surface area contributed by atoms with E-state index in [0.29, 0.717) is 12.3 Å². The summed E-state index contributed by atoms with van der Waals surface area (Å²) in [5, 5.41) is 8.23. The van der Waals surface area contributed by atoms with Crippen LogP contribution >= 0.6 is 0 Å². The molecule has 0 aromatic heterocycles. The van der Waals surface area contributed by atoms with Gasteiger partial charge in [-0.1, -0.05) is 20.3 Å². The van der Waals surface area contributed by atoms with Crippen molar-refractivity contribution >= 4 is 29.0 Å². The second kappa shape index (κ2) is 7.34. The molecule has 58 valence electrons. The van der Waals surface area contributed by atoms with Crippen molar-refractivity contribution in [3.05, 3.63) is 0 Å². The predicted octanol–water partition coefficient (Wildman–Crippen LogP) is 0.981. The first-order valence-electron chi connectivity index (χ1n) is 3.34. The molecular weight excluding hydrogens is 140 g/mol. The monoisotopic (exact) mass is 156 g/mol. The zero-order chi connectivity index (χ0) is 7.28. The summed E-state index contributed by atoms with van der Waals surface area (Å²) in [6.07, 6.45) is 2.15. The Kier molecular flexibility index (Phi) is 9.45. The maximum absolute atomic E-state index is 9.98. The van der Waals surface area contributed by atoms with Crippen LogP contribution in [0.15, 0.2) is 0 Å². The highest BCUT2D eigenvalue weighted by atomic mass is 24.3. The molecule has 1 N–H and O–H groups in total. The first-order valence-corrected chi connectivity index (χ1v) is 3.34. The number of aliphatic carboxylic acids is 1. The zero-order valence-corrected chi connectivity index (χ0v) is 6.05.